The van der Waals surface area contributed by atoms with Crippen molar-refractivity contribution in [3.05, 3.63) is 24.0 Å². The minimum Gasteiger partial charge on any atom is -0.347 e. The smallest absolute Gasteiger partial charge is 0.111 e. The molecular weight excluding hydrogens is 138 g/mol. The second-order valence-electron chi connectivity index (χ2n) is 2.65. The normalized spacial score (nSPS) is 10.7. The van der Waals surface area contributed by atoms with E-state index in [1.807, 2.05) is 19.2 Å². The Hall–Kier alpha value is -1.38. The van der Waals surface area contributed by atoms with Gasteiger partial charge in [0.15, 0.2) is 0 Å². The van der Waals surface area contributed by atoms with E-state index in [0.717, 1.165) is 11.0 Å². The largest absolute Gasteiger partial charge is 0.347 e. The van der Waals surface area contributed by atoms with E-state index >= 15 is 0 Å². The molecule has 3 heteroatoms. The summed E-state index contributed by atoms with van der Waals surface area (Å²) >= 11 is 0. The predicted molar refractivity (Wildman–Crippen MR) is 43.2 cm³/mol. The van der Waals surface area contributed by atoms with E-state index in [4.69, 9.17) is 0 Å². The van der Waals surface area contributed by atoms with Crippen LogP contribution in [0, 0.1) is 6.92 Å². The number of fused-ring (bicyclic) bond motifs is 1. The molecule has 0 radical (unpaired) electrons. The first-order valence-corrected chi connectivity index (χ1v) is 3.53. The molecule has 2 heterocycles. The molecule has 0 saturated heterocycles. The van der Waals surface area contributed by atoms with Gasteiger partial charge >= 0.3 is 0 Å². The molecule has 2 aromatic rings. The molecule has 0 unspecified atom stereocenters. The summed E-state index contributed by atoms with van der Waals surface area (Å²) in [5.74, 6) is 0. The average molecular weight is 147 g/mol. The summed E-state index contributed by atoms with van der Waals surface area (Å²) in [6, 6.07) is 4.00. The molecule has 2 rings (SSSR count). The fraction of sp³-hybridized carbons (Fsp3) is 0.250. The minimum absolute atomic E-state index is 0.965. The zero-order chi connectivity index (χ0) is 7.84. The molecule has 3 nitrogen and oxygen atoms in total. The van der Waals surface area contributed by atoms with Crippen molar-refractivity contribution in [1.82, 2.24) is 14.8 Å². The van der Waals surface area contributed by atoms with Gasteiger partial charge in [0.1, 0.15) is 5.52 Å². The first kappa shape index (κ1) is 6.34. The molecule has 0 amide bonds. The number of aromatic nitrogens is 3. The van der Waals surface area contributed by atoms with Crippen molar-refractivity contribution in [2.45, 2.75) is 6.92 Å². The van der Waals surface area contributed by atoms with E-state index in [1.165, 1.54) is 5.69 Å². The standard InChI is InChI=1S/C8H9N3/c1-6-5-7-8(11(6)2)3-4-9-10-7/h3-5H,1-2H3. The van der Waals surface area contributed by atoms with Crippen LogP contribution in [0.4, 0.5) is 0 Å². The Morgan fingerprint density at radius 3 is 3.00 bits per heavy atom. The fourth-order valence-corrected chi connectivity index (χ4v) is 1.21. The average Bonchev–Trinajstić information content (AvgIpc) is 2.30. The minimum atomic E-state index is 0.965. The lowest BCUT2D eigenvalue weighted by atomic mass is 10.4. The van der Waals surface area contributed by atoms with Gasteiger partial charge in [0.05, 0.1) is 11.7 Å². The van der Waals surface area contributed by atoms with Crippen molar-refractivity contribution >= 4 is 11.0 Å². The van der Waals surface area contributed by atoms with E-state index in [-0.39, 0.29) is 0 Å². The van der Waals surface area contributed by atoms with Crippen LogP contribution in [0.1, 0.15) is 5.69 Å². The molecule has 0 bridgehead atoms. The number of hydrogen-bond donors (Lipinski definition) is 0. The van der Waals surface area contributed by atoms with Gasteiger partial charge in [-0.1, -0.05) is 0 Å². The molecule has 0 aliphatic rings. The van der Waals surface area contributed by atoms with E-state index in [1.54, 1.807) is 6.20 Å². The van der Waals surface area contributed by atoms with Crippen molar-refractivity contribution in [2.75, 3.05) is 0 Å². The third kappa shape index (κ3) is 0.808. The van der Waals surface area contributed by atoms with E-state index in [2.05, 4.69) is 21.7 Å². The molecular formula is C8H9N3. The Balaban J connectivity index is 2.92. The zero-order valence-corrected chi connectivity index (χ0v) is 6.57. The Bertz CT molecular complexity index is 389. The van der Waals surface area contributed by atoms with Gasteiger partial charge in [0.25, 0.3) is 0 Å². The molecule has 0 aliphatic heterocycles. The summed E-state index contributed by atoms with van der Waals surface area (Å²) in [5.41, 5.74) is 3.31. The molecule has 0 fully saturated rings. The van der Waals surface area contributed by atoms with Crippen LogP contribution in [0.5, 0.6) is 0 Å². The molecule has 0 saturated carbocycles. The van der Waals surface area contributed by atoms with Gasteiger partial charge in [-0.2, -0.15) is 5.10 Å². The summed E-state index contributed by atoms with van der Waals surface area (Å²) in [6.07, 6.45) is 1.71. The Labute approximate surface area is 64.7 Å². The van der Waals surface area contributed by atoms with Gasteiger partial charge in [-0.3, -0.25) is 0 Å². The quantitative estimate of drug-likeness (QED) is 0.562. The first-order valence-electron chi connectivity index (χ1n) is 3.53. The maximum atomic E-state index is 3.99. The van der Waals surface area contributed by atoms with Crippen LogP contribution < -0.4 is 0 Å². The van der Waals surface area contributed by atoms with Crippen molar-refractivity contribution in [1.29, 1.82) is 0 Å². The lowest BCUT2D eigenvalue weighted by Crippen LogP contribution is -1.89. The molecule has 0 aliphatic carbocycles. The van der Waals surface area contributed by atoms with E-state index in [0.29, 0.717) is 0 Å². The highest BCUT2D eigenvalue weighted by atomic mass is 15.1. The van der Waals surface area contributed by atoms with Crippen molar-refractivity contribution in [3.63, 3.8) is 0 Å². The van der Waals surface area contributed by atoms with E-state index in [9.17, 15) is 0 Å². The van der Waals surface area contributed by atoms with Crippen LogP contribution in [0.2, 0.25) is 0 Å². The lowest BCUT2D eigenvalue weighted by molar-refractivity contribution is 0.915. The number of hydrogen-bond acceptors (Lipinski definition) is 2. The summed E-state index contributed by atoms with van der Waals surface area (Å²) in [7, 11) is 2.03. The van der Waals surface area contributed by atoms with Crippen LogP contribution in [0.25, 0.3) is 11.0 Å². The topological polar surface area (TPSA) is 30.7 Å². The number of nitrogens with zero attached hydrogens (tertiary/aromatic N) is 3. The monoisotopic (exact) mass is 147 g/mol. The number of rotatable bonds is 0. The van der Waals surface area contributed by atoms with Crippen LogP contribution in [0.3, 0.4) is 0 Å². The van der Waals surface area contributed by atoms with Crippen LogP contribution in [0.15, 0.2) is 18.3 Å². The van der Waals surface area contributed by atoms with Crippen molar-refractivity contribution in [2.24, 2.45) is 7.05 Å². The third-order valence-corrected chi connectivity index (χ3v) is 1.96. The van der Waals surface area contributed by atoms with Gasteiger partial charge in [0.2, 0.25) is 0 Å². The predicted octanol–water partition coefficient (Wildman–Crippen LogP) is 1.28. The lowest BCUT2D eigenvalue weighted by Gasteiger charge is -1.95. The van der Waals surface area contributed by atoms with Gasteiger partial charge in [-0.25, -0.2) is 0 Å². The fourth-order valence-electron chi connectivity index (χ4n) is 1.21. The van der Waals surface area contributed by atoms with Gasteiger partial charge in [-0.05, 0) is 19.1 Å². The highest BCUT2D eigenvalue weighted by Crippen LogP contribution is 2.13. The molecule has 11 heavy (non-hydrogen) atoms. The van der Waals surface area contributed by atoms with Crippen LogP contribution >= 0.6 is 0 Å². The summed E-state index contributed by atoms with van der Waals surface area (Å²) in [6.45, 7) is 2.06. The summed E-state index contributed by atoms with van der Waals surface area (Å²) in [4.78, 5) is 0. The molecule has 2 aromatic heterocycles. The highest BCUT2D eigenvalue weighted by molar-refractivity contribution is 5.75. The maximum absolute atomic E-state index is 3.99. The molecule has 0 spiro atoms. The first-order chi connectivity index (χ1) is 5.29. The van der Waals surface area contributed by atoms with Crippen LogP contribution in [-0.4, -0.2) is 14.8 Å². The van der Waals surface area contributed by atoms with Gasteiger partial charge in [-0.15, -0.1) is 5.10 Å². The van der Waals surface area contributed by atoms with Crippen LogP contribution in [-0.2, 0) is 7.05 Å². The Morgan fingerprint density at radius 2 is 2.27 bits per heavy atom. The molecule has 56 valence electrons. The number of aryl methyl sites for hydroxylation is 2. The zero-order valence-electron chi connectivity index (χ0n) is 6.57. The maximum Gasteiger partial charge on any atom is 0.111 e. The van der Waals surface area contributed by atoms with Gasteiger partial charge in [0, 0.05) is 12.7 Å². The SMILES string of the molecule is Cc1cc2nnccc2n1C. The second-order valence-corrected chi connectivity index (χ2v) is 2.65. The Morgan fingerprint density at radius 1 is 1.45 bits per heavy atom. The molecule has 0 atom stereocenters. The van der Waals surface area contributed by atoms with Gasteiger partial charge < -0.3 is 4.57 Å². The summed E-state index contributed by atoms with van der Waals surface area (Å²) < 4.78 is 2.10. The van der Waals surface area contributed by atoms with Crippen molar-refractivity contribution < 1.29 is 0 Å². The summed E-state index contributed by atoms with van der Waals surface area (Å²) in [5, 5.41) is 7.80. The van der Waals surface area contributed by atoms with E-state index < -0.39 is 0 Å². The molecule has 0 aromatic carbocycles. The highest BCUT2D eigenvalue weighted by Gasteiger charge is 2.00. The Kier molecular flexibility index (Phi) is 1.18. The second kappa shape index (κ2) is 2.05. The third-order valence-electron chi connectivity index (χ3n) is 1.96. The molecule has 0 N–H and O–H groups in total. The van der Waals surface area contributed by atoms with Crippen molar-refractivity contribution in [3.8, 4) is 0 Å².